The van der Waals surface area contributed by atoms with Crippen molar-refractivity contribution in [1.82, 2.24) is 5.32 Å². The first-order valence-electron chi connectivity index (χ1n) is 7.04. The average Bonchev–Trinajstić information content (AvgIpc) is 3.04. The molecule has 0 heterocycles. The van der Waals surface area contributed by atoms with Crippen molar-refractivity contribution in [2.24, 2.45) is 23.5 Å². The fourth-order valence-electron chi connectivity index (χ4n) is 3.18. The Morgan fingerprint density at radius 2 is 2.06 bits per heavy atom. The van der Waals surface area contributed by atoms with Crippen LogP contribution in [0.2, 0.25) is 0 Å². The predicted octanol–water partition coefficient (Wildman–Crippen LogP) is 2.06. The van der Waals surface area contributed by atoms with E-state index in [2.05, 4.69) is 19.2 Å². The van der Waals surface area contributed by atoms with Crippen LogP contribution in [0.5, 0.6) is 0 Å². The lowest BCUT2D eigenvalue weighted by atomic mass is 9.94. The molecule has 98 valence electrons. The highest BCUT2D eigenvalue weighted by atomic mass is 16.1. The SMILES string of the molecule is CC1CCC(CC(=O)NC(C)(CN)C2CC2)C1. The van der Waals surface area contributed by atoms with Gasteiger partial charge in [0, 0.05) is 13.0 Å². The first kappa shape index (κ1) is 12.9. The number of amides is 1. The molecule has 1 amide bonds. The lowest BCUT2D eigenvalue weighted by Crippen LogP contribution is -2.53. The summed E-state index contributed by atoms with van der Waals surface area (Å²) in [7, 11) is 0. The van der Waals surface area contributed by atoms with Gasteiger partial charge < -0.3 is 11.1 Å². The van der Waals surface area contributed by atoms with E-state index in [1.54, 1.807) is 0 Å². The van der Waals surface area contributed by atoms with Gasteiger partial charge in [0.25, 0.3) is 0 Å². The van der Waals surface area contributed by atoms with Gasteiger partial charge in [-0.15, -0.1) is 0 Å². The molecule has 0 radical (unpaired) electrons. The van der Waals surface area contributed by atoms with Gasteiger partial charge in [-0.3, -0.25) is 4.79 Å². The van der Waals surface area contributed by atoms with Crippen molar-refractivity contribution in [3.63, 3.8) is 0 Å². The molecule has 2 aliphatic carbocycles. The van der Waals surface area contributed by atoms with Crippen molar-refractivity contribution in [3.8, 4) is 0 Å². The fraction of sp³-hybridized carbons (Fsp3) is 0.929. The summed E-state index contributed by atoms with van der Waals surface area (Å²) in [5.74, 6) is 2.23. The minimum absolute atomic E-state index is 0.151. The van der Waals surface area contributed by atoms with E-state index in [0.717, 1.165) is 5.92 Å². The highest BCUT2D eigenvalue weighted by Crippen LogP contribution is 2.39. The van der Waals surface area contributed by atoms with E-state index in [-0.39, 0.29) is 11.4 Å². The summed E-state index contributed by atoms with van der Waals surface area (Å²) < 4.78 is 0. The summed E-state index contributed by atoms with van der Waals surface area (Å²) in [6.07, 6.45) is 6.86. The van der Waals surface area contributed by atoms with Crippen LogP contribution in [-0.2, 0) is 4.79 Å². The second kappa shape index (κ2) is 4.97. The number of carbonyl (C=O) groups is 1. The molecule has 0 bridgehead atoms. The van der Waals surface area contributed by atoms with E-state index in [1.165, 1.54) is 32.1 Å². The molecule has 2 rings (SSSR count). The Labute approximate surface area is 105 Å². The van der Waals surface area contributed by atoms with Crippen molar-refractivity contribution in [1.29, 1.82) is 0 Å². The van der Waals surface area contributed by atoms with Gasteiger partial charge in [-0.05, 0) is 50.4 Å². The van der Waals surface area contributed by atoms with Gasteiger partial charge in [-0.1, -0.05) is 13.3 Å². The molecule has 3 atom stereocenters. The first-order chi connectivity index (χ1) is 8.03. The van der Waals surface area contributed by atoms with Gasteiger partial charge in [0.15, 0.2) is 0 Å². The van der Waals surface area contributed by atoms with E-state index < -0.39 is 0 Å². The zero-order valence-electron chi connectivity index (χ0n) is 11.2. The van der Waals surface area contributed by atoms with Crippen LogP contribution >= 0.6 is 0 Å². The highest BCUT2D eigenvalue weighted by molar-refractivity contribution is 5.77. The van der Waals surface area contributed by atoms with Gasteiger partial charge >= 0.3 is 0 Å². The molecular weight excluding hydrogens is 212 g/mol. The van der Waals surface area contributed by atoms with Crippen LogP contribution in [0, 0.1) is 17.8 Å². The second-order valence-electron chi connectivity index (χ2n) is 6.43. The Morgan fingerprint density at radius 3 is 2.53 bits per heavy atom. The molecule has 3 nitrogen and oxygen atoms in total. The molecule has 0 spiro atoms. The fourth-order valence-corrected chi connectivity index (χ4v) is 3.18. The summed E-state index contributed by atoms with van der Waals surface area (Å²) in [4.78, 5) is 12.0. The molecule has 17 heavy (non-hydrogen) atoms. The van der Waals surface area contributed by atoms with Crippen molar-refractivity contribution in [2.75, 3.05) is 6.54 Å². The van der Waals surface area contributed by atoms with Crippen molar-refractivity contribution in [3.05, 3.63) is 0 Å². The lowest BCUT2D eigenvalue weighted by molar-refractivity contribution is -0.123. The molecule has 3 unspecified atom stereocenters. The normalized spacial score (nSPS) is 32.2. The molecule has 2 fully saturated rings. The van der Waals surface area contributed by atoms with Crippen LogP contribution in [0.3, 0.4) is 0 Å². The molecule has 2 aliphatic rings. The molecule has 2 saturated carbocycles. The first-order valence-corrected chi connectivity index (χ1v) is 7.04. The maximum Gasteiger partial charge on any atom is 0.220 e. The zero-order valence-corrected chi connectivity index (χ0v) is 11.2. The van der Waals surface area contributed by atoms with Gasteiger partial charge in [-0.2, -0.15) is 0 Å². The van der Waals surface area contributed by atoms with E-state index in [0.29, 0.717) is 24.8 Å². The highest BCUT2D eigenvalue weighted by Gasteiger charge is 2.41. The number of hydrogen-bond acceptors (Lipinski definition) is 2. The zero-order chi connectivity index (χ0) is 12.5. The van der Waals surface area contributed by atoms with E-state index in [4.69, 9.17) is 5.73 Å². The molecule has 0 saturated heterocycles. The summed E-state index contributed by atoms with van der Waals surface area (Å²) in [5, 5.41) is 3.18. The lowest BCUT2D eigenvalue weighted by Gasteiger charge is -2.30. The van der Waals surface area contributed by atoms with Gasteiger partial charge in [0.1, 0.15) is 0 Å². The Bertz CT molecular complexity index is 288. The number of nitrogens with two attached hydrogens (primary N) is 1. The summed E-state index contributed by atoms with van der Waals surface area (Å²) >= 11 is 0. The summed E-state index contributed by atoms with van der Waals surface area (Å²) in [6, 6.07) is 0. The van der Waals surface area contributed by atoms with Crippen molar-refractivity contribution in [2.45, 2.75) is 57.9 Å². The topological polar surface area (TPSA) is 55.1 Å². The Balaban J connectivity index is 1.80. The minimum Gasteiger partial charge on any atom is -0.349 e. The van der Waals surface area contributed by atoms with Crippen molar-refractivity contribution >= 4 is 5.91 Å². The maximum atomic E-state index is 12.0. The third-order valence-corrected chi connectivity index (χ3v) is 4.60. The summed E-state index contributed by atoms with van der Waals surface area (Å²) in [6.45, 7) is 4.94. The third kappa shape index (κ3) is 3.21. The van der Waals surface area contributed by atoms with Crippen LogP contribution in [0.25, 0.3) is 0 Å². The van der Waals surface area contributed by atoms with E-state index >= 15 is 0 Å². The van der Waals surface area contributed by atoms with E-state index in [1.807, 2.05) is 0 Å². The Hall–Kier alpha value is -0.570. The van der Waals surface area contributed by atoms with Crippen molar-refractivity contribution < 1.29 is 4.79 Å². The monoisotopic (exact) mass is 238 g/mol. The average molecular weight is 238 g/mol. The number of rotatable bonds is 5. The number of carbonyl (C=O) groups excluding carboxylic acids is 1. The smallest absolute Gasteiger partial charge is 0.220 e. The Morgan fingerprint density at radius 1 is 1.35 bits per heavy atom. The van der Waals surface area contributed by atoms with Gasteiger partial charge in [0.05, 0.1) is 5.54 Å². The quantitative estimate of drug-likeness (QED) is 0.770. The molecule has 0 aromatic heterocycles. The maximum absolute atomic E-state index is 12.0. The third-order valence-electron chi connectivity index (χ3n) is 4.60. The minimum atomic E-state index is -0.151. The largest absolute Gasteiger partial charge is 0.349 e. The standard InChI is InChI=1S/C14H26N2O/c1-10-3-4-11(7-10)8-13(17)16-14(2,9-15)12-5-6-12/h10-12H,3-9,15H2,1-2H3,(H,16,17). The second-order valence-corrected chi connectivity index (χ2v) is 6.43. The predicted molar refractivity (Wildman–Crippen MR) is 69.4 cm³/mol. The van der Waals surface area contributed by atoms with Gasteiger partial charge in [-0.25, -0.2) is 0 Å². The molecule has 3 N–H and O–H groups in total. The van der Waals surface area contributed by atoms with Gasteiger partial charge in [0.2, 0.25) is 5.91 Å². The van der Waals surface area contributed by atoms with Crippen LogP contribution in [0.15, 0.2) is 0 Å². The molecule has 3 heteroatoms. The molecule has 0 aromatic rings. The van der Waals surface area contributed by atoms with Crippen LogP contribution in [0.1, 0.15) is 52.4 Å². The van der Waals surface area contributed by atoms with Crippen LogP contribution in [-0.4, -0.2) is 18.0 Å². The number of hydrogen-bond donors (Lipinski definition) is 2. The van der Waals surface area contributed by atoms with Crippen LogP contribution < -0.4 is 11.1 Å². The molecular formula is C14H26N2O. The molecule has 0 aliphatic heterocycles. The Kier molecular flexibility index (Phi) is 3.76. The number of nitrogens with one attached hydrogen (secondary N) is 1. The van der Waals surface area contributed by atoms with E-state index in [9.17, 15) is 4.79 Å². The summed E-state index contributed by atoms with van der Waals surface area (Å²) in [5.41, 5.74) is 5.66. The van der Waals surface area contributed by atoms with Crippen LogP contribution in [0.4, 0.5) is 0 Å². The molecule has 0 aromatic carbocycles.